The third-order valence-corrected chi connectivity index (χ3v) is 3.45. The maximum Gasteiger partial charge on any atom is 0.223 e. The van der Waals surface area contributed by atoms with Gasteiger partial charge in [-0.3, -0.25) is 0 Å². The highest BCUT2D eigenvalue weighted by molar-refractivity contribution is 5.53. The number of nitrogens with one attached hydrogen (secondary N) is 2. The number of rotatable bonds is 4. The molecule has 2 heterocycles. The van der Waals surface area contributed by atoms with Crippen LogP contribution < -0.4 is 21.3 Å². The van der Waals surface area contributed by atoms with Crippen LogP contribution in [-0.2, 0) is 0 Å². The SMILES string of the molecule is CNC1CCN(c2cc(NCC(C)(C)C)nc(N)n2)C1. The number of likely N-dealkylation sites (N-methyl/N-ethyl adjacent to an activating group) is 1. The average Bonchev–Trinajstić information content (AvgIpc) is 2.84. The molecule has 1 unspecified atom stereocenters. The fourth-order valence-corrected chi connectivity index (χ4v) is 2.26. The summed E-state index contributed by atoms with van der Waals surface area (Å²) in [6, 6.07) is 2.51. The van der Waals surface area contributed by atoms with Gasteiger partial charge in [0, 0.05) is 31.7 Å². The van der Waals surface area contributed by atoms with Crippen LogP contribution in [0.3, 0.4) is 0 Å². The molecule has 4 N–H and O–H groups in total. The Bertz CT molecular complexity index is 453. The molecule has 6 nitrogen and oxygen atoms in total. The van der Waals surface area contributed by atoms with Gasteiger partial charge in [-0.25, -0.2) is 0 Å². The molecule has 1 aromatic rings. The highest BCUT2D eigenvalue weighted by Crippen LogP contribution is 2.22. The van der Waals surface area contributed by atoms with E-state index >= 15 is 0 Å². The summed E-state index contributed by atoms with van der Waals surface area (Å²) >= 11 is 0. The van der Waals surface area contributed by atoms with Crippen LogP contribution in [0.2, 0.25) is 0 Å². The summed E-state index contributed by atoms with van der Waals surface area (Å²) in [7, 11) is 2.00. The molecule has 0 bridgehead atoms. The van der Waals surface area contributed by atoms with E-state index in [4.69, 9.17) is 5.73 Å². The number of aromatic nitrogens is 2. The van der Waals surface area contributed by atoms with Crippen molar-refractivity contribution >= 4 is 17.6 Å². The van der Waals surface area contributed by atoms with Gasteiger partial charge >= 0.3 is 0 Å². The summed E-state index contributed by atoms with van der Waals surface area (Å²) < 4.78 is 0. The molecule has 0 aromatic carbocycles. The Morgan fingerprint density at radius 2 is 2.15 bits per heavy atom. The zero-order valence-electron chi connectivity index (χ0n) is 12.9. The van der Waals surface area contributed by atoms with Gasteiger partial charge in [0.2, 0.25) is 5.95 Å². The third-order valence-electron chi connectivity index (χ3n) is 3.45. The first-order valence-corrected chi connectivity index (χ1v) is 7.18. The summed E-state index contributed by atoms with van der Waals surface area (Å²) in [6.07, 6.45) is 1.13. The lowest BCUT2D eigenvalue weighted by Gasteiger charge is -2.21. The van der Waals surface area contributed by atoms with Crippen LogP contribution in [0.15, 0.2) is 6.07 Å². The smallest absolute Gasteiger partial charge is 0.223 e. The zero-order chi connectivity index (χ0) is 14.8. The Balaban J connectivity index is 2.09. The van der Waals surface area contributed by atoms with Crippen LogP contribution >= 0.6 is 0 Å². The molecule has 0 amide bonds. The van der Waals surface area contributed by atoms with Crippen LogP contribution in [0, 0.1) is 5.41 Å². The second kappa shape index (κ2) is 5.83. The van der Waals surface area contributed by atoms with Crippen molar-refractivity contribution in [3.05, 3.63) is 6.07 Å². The predicted molar refractivity (Wildman–Crippen MR) is 84.1 cm³/mol. The third kappa shape index (κ3) is 3.96. The van der Waals surface area contributed by atoms with E-state index in [2.05, 4.69) is 46.3 Å². The van der Waals surface area contributed by atoms with Gasteiger partial charge < -0.3 is 21.3 Å². The number of nitrogens with zero attached hydrogens (tertiary/aromatic N) is 3. The van der Waals surface area contributed by atoms with E-state index in [1.165, 1.54) is 0 Å². The molecule has 0 radical (unpaired) electrons. The second-order valence-corrected chi connectivity index (χ2v) is 6.60. The van der Waals surface area contributed by atoms with E-state index in [-0.39, 0.29) is 5.41 Å². The summed E-state index contributed by atoms with van der Waals surface area (Å²) in [5.41, 5.74) is 6.03. The van der Waals surface area contributed by atoms with E-state index < -0.39 is 0 Å². The quantitative estimate of drug-likeness (QED) is 0.771. The lowest BCUT2D eigenvalue weighted by atomic mass is 9.97. The molecular formula is C14H26N6. The van der Waals surface area contributed by atoms with Crippen molar-refractivity contribution in [3.8, 4) is 0 Å². The minimum atomic E-state index is 0.199. The van der Waals surface area contributed by atoms with Crippen LogP contribution in [0.5, 0.6) is 0 Å². The first-order chi connectivity index (χ1) is 9.37. The lowest BCUT2D eigenvalue weighted by molar-refractivity contribution is 0.442. The first-order valence-electron chi connectivity index (χ1n) is 7.18. The molecule has 2 rings (SSSR count). The van der Waals surface area contributed by atoms with Gasteiger partial charge in [0.25, 0.3) is 0 Å². The van der Waals surface area contributed by atoms with Crippen molar-refractivity contribution < 1.29 is 0 Å². The molecule has 112 valence electrons. The molecule has 1 fully saturated rings. The Hall–Kier alpha value is -1.56. The maximum absolute atomic E-state index is 5.83. The monoisotopic (exact) mass is 278 g/mol. The average molecular weight is 278 g/mol. The number of hydrogen-bond acceptors (Lipinski definition) is 6. The van der Waals surface area contributed by atoms with Gasteiger partial charge in [0.15, 0.2) is 0 Å². The maximum atomic E-state index is 5.83. The van der Waals surface area contributed by atoms with Crippen molar-refractivity contribution in [3.63, 3.8) is 0 Å². The minimum Gasteiger partial charge on any atom is -0.369 e. The molecule has 1 aromatic heterocycles. The number of nitrogens with two attached hydrogens (primary N) is 1. The van der Waals surface area contributed by atoms with E-state index in [9.17, 15) is 0 Å². The van der Waals surface area contributed by atoms with Gasteiger partial charge in [0.1, 0.15) is 11.6 Å². The van der Waals surface area contributed by atoms with Gasteiger partial charge in [-0.15, -0.1) is 0 Å². The molecule has 0 aliphatic carbocycles. The molecule has 1 aliphatic heterocycles. The van der Waals surface area contributed by atoms with Crippen molar-refractivity contribution in [1.82, 2.24) is 15.3 Å². The first kappa shape index (κ1) is 14.8. The molecule has 1 aliphatic rings. The van der Waals surface area contributed by atoms with Crippen molar-refractivity contribution in [1.29, 1.82) is 0 Å². The lowest BCUT2D eigenvalue weighted by Crippen LogP contribution is -2.30. The van der Waals surface area contributed by atoms with Gasteiger partial charge in [-0.2, -0.15) is 9.97 Å². The van der Waals surface area contributed by atoms with Gasteiger partial charge in [-0.1, -0.05) is 20.8 Å². The standard InChI is InChI=1S/C14H26N6/c1-14(2,3)9-17-11-7-12(19-13(15)18-11)20-6-5-10(8-20)16-4/h7,10,16H,5-6,8-9H2,1-4H3,(H3,15,17,18,19). The fourth-order valence-electron chi connectivity index (χ4n) is 2.26. The zero-order valence-corrected chi connectivity index (χ0v) is 12.9. The summed E-state index contributed by atoms with van der Waals surface area (Å²) in [4.78, 5) is 10.9. The summed E-state index contributed by atoms with van der Waals surface area (Å²) in [5, 5.41) is 6.65. The Morgan fingerprint density at radius 1 is 1.40 bits per heavy atom. The highest BCUT2D eigenvalue weighted by Gasteiger charge is 2.23. The number of nitrogen functional groups attached to an aromatic ring is 1. The van der Waals surface area contributed by atoms with Crippen LogP contribution in [-0.4, -0.2) is 42.7 Å². The van der Waals surface area contributed by atoms with Crippen molar-refractivity contribution in [2.24, 2.45) is 5.41 Å². The van der Waals surface area contributed by atoms with E-state index in [1.54, 1.807) is 0 Å². The minimum absolute atomic E-state index is 0.199. The second-order valence-electron chi connectivity index (χ2n) is 6.60. The Labute approximate surface area is 121 Å². The molecule has 6 heteroatoms. The summed E-state index contributed by atoms with van der Waals surface area (Å²) in [5.74, 6) is 2.04. The number of anilines is 3. The molecule has 1 atom stereocenters. The largest absolute Gasteiger partial charge is 0.369 e. The molecule has 20 heavy (non-hydrogen) atoms. The van der Waals surface area contributed by atoms with E-state index in [1.807, 2.05) is 13.1 Å². The molecule has 0 spiro atoms. The number of hydrogen-bond donors (Lipinski definition) is 3. The van der Waals surface area contributed by atoms with Crippen LogP contribution in [0.1, 0.15) is 27.2 Å². The van der Waals surface area contributed by atoms with Crippen molar-refractivity contribution in [2.75, 3.05) is 42.6 Å². The van der Waals surface area contributed by atoms with E-state index in [0.29, 0.717) is 12.0 Å². The Morgan fingerprint density at radius 3 is 2.75 bits per heavy atom. The van der Waals surface area contributed by atoms with Gasteiger partial charge in [0.05, 0.1) is 0 Å². The van der Waals surface area contributed by atoms with Gasteiger partial charge in [-0.05, 0) is 18.9 Å². The molecule has 1 saturated heterocycles. The van der Waals surface area contributed by atoms with Crippen LogP contribution in [0.4, 0.5) is 17.6 Å². The van der Waals surface area contributed by atoms with Crippen molar-refractivity contribution in [2.45, 2.75) is 33.2 Å². The van der Waals surface area contributed by atoms with Crippen LogP contribution in [0.25, 0.3) is 0 Å². The molecule has 0 saturated carbocycles. The highest BCUT2D eigenvalue weighted by atomic mass is 15.3. The van der Waals surface area contributed by atoms with E-state index in [0.717, 1.165) is 37.7 Å². The topological polar surface area (TPSA) is 79.1 Å². The fraction of sp³-hybridized carbons (Fsp3) is 0.714. The predicted octanol–water partition coefficient (Wildman–Crippen LogP) is 1.31. The normalized spacial score (nSPS) is 19.4. The summed E-state index contributed by atoms with van der Waals surface area (Å²) in [6.45, 7) is 9.37. The Kier molecular flexibility index (Phi) is 4.32. The molecular weight excluding hydrogens is 252 g/mol.